The lowest BCUT2D eigenvalue weighted by atomic mass is 10.1. The van der Waals surface area contributed by atoms with Gasteiger partial charge in [-0.1, -0.05) is 37.3 Å². The van der Waals surface area contributed by atoms with Crippen molar-refractivity contribution < 1.29 is 33.8 Å². The minimum atomic E-state index is -0.982. The van der Waals surface area contributed by atoms with Gasteiger partial charge in [-0.3, -0.25) is 19.3 Å². The van der Waals surface area contributed by atoms with E-state index in [1.807, 2.05) is 30.3 Å². The molecule has 1 aliphatic heterocycles. The summed E-state index contributed by atoms with van der Waals surface area (Å²) in [6.07, 6.45) is -0.298. The van der Waals surface area contributed by atoms with Crippen LogP contribution in [0.15, 0.2) is 30.3 Å². The van der Waals surface area contributed by atoms with Crippen molar-refractivity contribution in [3.8, 4) is 0 Å². The van der Waals surface area contributed by atoms with E-state index in [-0.39, 0.29) is 57.6 Å². The van der Waals surface area contributed by atoms with Gasteiger partial charge in [-0.2, -0.15) is 0 Å². The van der Waals surface area contributed by atoms with E-state index in [1.54, 1.807) is 16.7 Å². The second-order valence-electron chi connectivity index (χ2n) is 7.13. The molecule has 1 saturated heterocycles. The van der Waals surface area contributed by atoms with Gasteiger partial charge in [0.25, 0.3) is 0 Å². The zero-order valence-corrected chi connectivity index (χ0v) is 17.6. The van der Waals surface area contributed by atoms with E-state index in [0.717, 1.165) is 5.56 Å². The van der Waals surface area contributed by atoms with Crippen molar-refractivity contribution in [3.63, 3.8) is 0 Å². The molecule has 1 aliphatic rings. The fourth-order valence-corrected chi connectivity index (χ4v) is 3.15. The number of esters is 1. The molecule has 0 saturated carbocycles. The highest BCUT2D eigenvalue weighted by molar-refractivity contribution is 5.77. The Morgan fingerprint density at radius 1 is 1.13 bits per heavy atom. The highest BCUT2D eigenvalue weighted by Crippen LogP contribution is 2.12. The van der Waals surface area contributed by atoms with Gasteiger partial charge in [-0.15, -0.1) is 0 Å². The topological polar surface area (TPSA) is 125 Å². The number of piperazine rings is 1. The Kier molecular flexibility index (Phi) is 9.76. The molecule has 2 amide bonds. The zero-order chi connectivity index (χ0) is 22.6. The SMILES string of the molecule is CCC(=O)OCC1CN(C(=O)CCNC(=O)OCc2ccccc2)CCN1CC(=O)O. The summed E-state index contributed by atoms with van der Waals surface area (Å²) in [4.78, 5) is 50.1. The fraction of sp³-hybridized carbons (Fsp3) is 0.524. The van der Waals surface area contributed by atoms with Crippen molar-refractivity contribution in [1.29, 1.82) is 0 Å². The maximum atomic E-state index is 12.5. The predicted octanol–water partition coefficient (Wildman–Crippen LogP) is 0.854. The lowest BCUT2D eigenvalue weighted by Crippen LogP contribution is -2.57. The van der Waals surface area contributed by atoms with Crippen LogP contribution in [0.1, 0.15) is 25.3 Å². The monoisotopic (exact) mass is 435 g/mol. The number of carboxylic acid groups (broad SMARTS) is 1. The number of carbonyl (C=O) groups excluding carboxylic acids is 3. The predicted molar refractivity (Wildman–Crippen MR) is 110 cm³/mol. The van der Waals surface area contributed by atoms with Gasteiger partial charge in [0.2, 0.25) is 5.91 Å². The van der Waals surface area contributed by atoms with E-state index in [9.17, 15) is 19.2 Å². The molecule has 0 radical (unpaired) electrons. The van der Waals surface area contributed by atoms with E-state index in [1.165, 1.54) is 0 Å². The molecule has 170 valence electrons. The summed E-state index contributed by atoms with van der Waals surface area (Å²) in [5.41, 5.74) is 0.864. The highest BCUT2D eigenvalue weighted by atomic mass is 16.5. The summed E-state index contributed by atoms with van der Waals surface area (Å²) in [6, 6.07) is 8.86. The maximum absolute atomic E-state index is 12.5. The number of carboxylic acids is 1. The molecule has 10 nitrogen and oxygen atoms in total. The molecular weight excluding hydrogens is 406 g/mol. The average Bonchev–Trinajstić information content (AvgIpc) is 2.77. The Morgan fingerprint density at radius 2 is 1.87 bits per heavy atom. The van der Waals surface area contributed by atoms with E-state index in [0.29, 0.717) is 13.1 Å². The third kappa shape index (κ3) is 8.63. The Balaban J connectivity index is 1.76. The first-order chi connectivity index (χ1) is 14.9. The van der Waals surface area contributed by atoms with Crippen LogP contribution in [0.2, 0.25) is 0 Å². The van der Waals surface area contributed by atoms with Crippen molar-refractivity contribution >= 4 is 23.9 Å². The van der Waals surface area contributed by atoms with Crippen LogP contribution < -0.4 is 5.32 Å². The van der Waals surface area contributed by atoms with Crippen molar-refractivity contribution in [2.24, 2.45) is 0 Å². The molecule has 10 heteroatoms. The van der Waals surface area contributed by atoms with E-state index in [4.69, 9.17) is 14.6 Å². The van der Waals surface area contributed by atoms with E-state index < -0.39 is 18.1 Å². The van der Waals surface area contributed by atoms with Gasteiger partial charge in [0, 0.05) is 39.0 Å². The summed E-state index contributed by atoms with van der Waals surface area (Å²) in [6.45, 7) is 2.75. The first-order valence-electron chi connectivity index (χ1n) is 10.2. The molecule has 0 bridgehead atoms. The Hall–Kier alpha value is -3.14. The van der Waals surface area contributed by atoms with Crippen LogP contribution in [0.3, 0.4) is 0 Å². The first-order valence-corrected chi connectivity index (χ1v) is 10.2. The average molecular weight is 435 g/mol. The summed E-state index contributed by atoms with van der Waals surface area (Å²) in [5.74, 6) is -1.54. The molecule has 1 unspecified atom stereocenters. The quantitative estimate of drug-likeness (QED) is 0.518. The van der Waals surface area contributed by atoms with Crippen LogP contribution in [0.4, 0.5) is 4.79 Å². The Bertz CT molecular complexity index is 757. The van der Waals surface area contributed by atoms with Crippen LogP contribution in [0, 0.1) is 0 Å². The number of rotatable bonds is 10. The van der Waals surface area contributed by atoms with Crippen molar-refractivity contribution in [2.75, 3.05) is 39.3 Å². The van der Waals surface area contributed by atoms with Crippen LogP contribution in [-0.2, 0) is 30.5 Å². The molecule has 1 atom stereocenters. The number of hydrogen-bond donors (Lipinski definition) is 2. The molecule has 0 spiro atoms. The number of benzene rings is 1. The van der Waals surface area contributed by atoms with Crippen molar-refractivity contribution in [3.05, 3.63) is 35.9 Å². The maximum Gasteiger partial charge on any atom is 0.407 e. The molecule has 1 fully saturated rings. The van der Waals surface area contributed by atoms with Crippen LogP contribution in [0.25, 0.3) is 0 Å². The standard InChI is InChI=1S/C21H29N3O7/c1-2-20(28)30-15-17-12-24(11-10-23(17)13-19(26)27)18(25)8-9-22-21(29)31-14-16-6-4-3-5-7-16/h3-7,17H,2,8-15H2,1H3,(H,22,29)(H,26,27). The third-order valence-corrected chi connectivity index (χ3v) is 4.84. The normalized spacial score (nSPS) is 16.4. The summed E-state index contributed by atoms with van der Waals surface area (Å²) >= 11 is 0. The molecule has 2 N–H and O–H groups in total. The number of ether oxygens (including phenoxy) is 2. The van der Waals surface area contributed by atoms with Gasteiger partial charge < -0.3 is 24.8 Å². The van der Waals surface area contributed by atoms with Crippen LogP contribution in [-0.4, -0.2) is 84.2 Å². The molecular formula is C21H29N3O7. The van der Waals surface area contributed by atoms with E-state index in [2.05, 4.69) is 5.32 Å². The minimum Gasteiger partial charge on any atom is -0.480 e. The summed E-state index contributed by atoms with van der Waals surface area (Å²) in [5, 5.41) is 11.6. The number of nitrogens with one attached hydrogen (secondary N) is 1. The molecule has 1 aromatic carbocycles. The summed E-state index contributed by atoms with van der Waals surface area (Å²) < 4.78 is 10.3. The number of amides is 2. The van der Waals surface area contributed by atoms with Gasteiger partial charge in [0.05, 0.1) is 12.6 Å². The number of hydrogen-bond acceptors (Lipinski definition) is 7. The molecule has 31 heavy (non-hydrogen) atoms. The van der Waals surface area contributed by atoms with Crippen LogP contribution in [0.5, 0.6) is 0 Å². The Labute approximate surface area is 181 Å². The van der Waals surface area contributed by atoms with Gasteiger partial charge >= 0.3 is 18.0 Å². The zero-order valence-electron chi connectivity index (χ0n) is 17.6. The number of carbonyl (C=O) groups is 4. The van der Waals surface area contributed by atoms with Gasteiger partial charge in [0.1, 0.15) is 13.2 Å². The van der Waals surface area contributed by atoms with Crippen molar-refractivity contribution in [2.45, 2.75) is 32.4 Å². The molecule has 0 aromatic heterocycles. The molecule has 1 aromatic rings. The molecule has 1 heterocycles. The first kappa shape index (κ1) is 24.1. The van der Waals surface area contributed by atoms with Gasteiger partial charge in [-0.25, -0.2) is 4.79 Å². The van der Waals surface area contributed by atoms with Gasteiger partial charge in [-0.05, 0) is 5.56 Å². The number of aliphatic carboxylic acids is 1. The lowest BCUT2D eigenvalue weighted by molar-refractivity contribution is -0.148. The third-order valence-electron chi connectivity index (χ3n) is 4.84. The highest BCUT2D eigenvalue weighted by Gasteiger charge is 2.31. The van der Waals surface area contributed by atoms with Crippen molar-refractivity contribution in [1.82, 2.24) is 15.1 Å². The smallest absolute Gasteiger partial charge is 0.407 e. The van der Waals surface area contributed by atoms with Crippen LogP contribution >= 0.6 is 0 Å². The minimum absolute atomic E-state index is 0.0216. The number of alkyl carbamates (subject to hydrolysis) is 1. The molecule has 2 rings (SSSR count). The Morgan fingerprint density at radius 3 is 2.55 bits per heavy atom. The second kappa shape index (κ2) is 12.5. The lowest BCUT2D eigenvalue weighted by Gasteiger charge is -2.40. The fourth-order valence-electron chi connectivity index (χ4n) is 3.15. The molecule has 0 aliphatic carbocycles. The largest absolute Gasteiger partial charge is 0.480 e. The second-order valence-corrected chi connectivity index (χ2v) is 7.13. The number of nitrogens with zero attached hydrogens (tertiary/aromatic N) is 2. The van der Waals surface area contributed by atoms with E-state index >= 15 is 0 Å². The van der Waals surface area contributed by atoms with Gasteiger partial charge in [0.15, 0.2) is 0 Å². The summed E-state index contributed by atoms with van der Waals surface area (Å²) in [7, 11) is 0.